The van der Waals surface area contributed by atoms with Gasteiger partial charge < -0.3 is 14.6 Å². The molecule has 1 aliphatic carbocycles. The second kappa shape index (κ2) is 8.18. The number of carbonyl (C=O) groups is 3. The summed E-state index contributed by atoms with van der Waals surface area (Å²) in [5.41, 5.74) is -1.10. The number of ether oxygens (including phenoxy) is 2. The monoisotopic (exact) mass is 382 g/mol. The minimum atomic E-state index is -1.64. The molecule has 0 bridgehead atoms. The molecule has 26 heavy (non-hydrogen) atoms. The number of ketones is 1. The zero-order chi connectivity index (χ0) is 19.5. The number of aliphatic hydroxyl groups is 1. The van der Waals surface area contributed by atoms with Gasteiger partial charge in [-0.15, -0.1) is 0 Å². The Morgan fingerprint density at radius 3 is 2.23 bits per heavy atom. The Labute approximate surface area is 157 Å². The first-order chi connectivity index (χ1) is 12.2. The maximum Gasteiger partial charge on any atom is 0.317 e. The molecule has 6 nitrogen and oxygen atoms in total. The fourth-order valence-corrected chi connectivity index (χ4v) is 3.69. The van der Waals surface area contributed by atoms with Crippen LogP contribution < -0.4 is 0 Å². The van der Waals surface area contributed by atoms with E-state index in [1.807, 2.05) is 0 Å². The topological polar surface area (TPSA) is 89.9 Å². The summed E-state index contributed by atoms with van der Waals surface area (Å²) in [6.45, 7) is 4.94. The normalized spacial score (nSPS) is 28.5. The Morgan fingerprint density at radius 1 is 1.15 bits per heavy atom. The average molecular weight is 383 g/mol. The van der Waals surface area contributed by atoms with Crippen LogP contribution in [-0.2, 0) is 23.9 Å². The van der Waals surface area contributed by atoms with Gasteiger partial charge in [0.25, 0.3) is 0 Å². The highest BCUT2D eigenvalue weighted by atomic mass is 35.5. The van der Waals surface area contributed by atoms with Crippen LogP contribution in [-0.4, -0.2) is 41.6 Å². The molecule has 1 aromatic carbocycles. The number of hydrogen-bond acceptors (Lipinski definition) is 6. The Hall–Kier alpha value is -1.92. The molecular weight excluding hydrogens is 360 g/mol. The first kappa shape index (κ1) is 20.4. The van der Waals surface area contributed by atoms with Crippen LogP contribution in [0.4, 0.5) is 0 Å². The van der Waals surface area contributed by atoms with E-state index >= 15 is 0 Å². The third kappa shape index (κ3) is 4.07. The van der Waals surface area contributed by atoms with Crippen LogP contribution in [0.3, 0.4) is 0 Å². The minimum Gasteiger partial charge on any atom is -0.466 e. The van der Waals surface area contributed by atoms with E-state index in [9.17, 15) is 19.5 Å². The summed E-state index contributed by atoms with van der Waals surface area (Å²) < 4.78 is 10.2. The maximum absolute atomic E-state index is 12.7. The highest BCUT2D eigenvalue weighted by Crippen LogP contribution is 2.46. The lowest BCUT2D eigenvalue weighted by molar-refractivity contribution is -0.172. The molecule has 0 aliphatic heterocycles. The summed E-state index contributed by atoms with van der Waals surface area (Å²) in [5, 5.41) is 11.3. The van der Waals surface area contributed by atoms with Gasteiger partial charge in [0.05, 0.1) is 24.7 Å². The van der Waals surface area contributed by atoms with E-state index in [0.29, 0.717) is 10.6 Å². The molecule has 0 heterocycles. The maximum atomic E-state index is 12.7. The lowest BCUT2D eigenvalue weighted by atomic mass is 9.62. The Kier molecular flexibility index (Phi) is 6.42. The number of hydrogen-bond donors (Lipinski definition) is 1. The van der Waals surface area contributed by atoms with Crippen molar-refractivity contribution < 1.29 is 29.0 Å². The summed E-state index contributed by atoms with van der Waals surface area (Å²) in [6, 6.07) is 6.49. The molecule has 0 radical (unpaired) electrons. The first-order valence-corrected chi connectivity index (χ1v) is 8.94. The molecule has 2 rings (SSSR count). The van der Waals surface area contributed by atoms with Crippen molar-refractivity contribution in [3.8, 4) is 0 Å². The van der Waals surface area contributed by atoms with Crippen molar-refractivity contribution >= 4 is 29.3 Å². The van der Waals surface area contributed by atoms with Crippen LogP contribution in [0.2, 0.25) is 5.02 Å². The second-order valence-electron chi connectivity index (χ2n) is 6.54. The van der Waals surface area contributed by atoms with Crippen molar-refractivity contribution in [3.05, 3.63) is 34.9 Å². The summed E-state index contributed by atoms with van der Waals surface area (Å²) in [6.07, 6.45) is -0.329. The van der Waals surface area contributed by atoms with Gasteiger partial charge >= 0.3 is 11.9 Å². The minimum absolute atomic E-state index is 0.108. The van der Waals surface area contributed by atoms with Gasteiger partial charge in [-0.2, -0.15) is 0 Å². The molecule has 0 spiro atoms. The SMILES string of the molecule is CCOC(=O)[C@@H]1C(=O)C[C@](C)(O)[C@@H](C(=O)OCC)[C@H]1c1ccc(Cl)cc1. The van der Waals surface area contributed by atoms with Crippen LogP contribution in [0.1, 0.15) is 38.7 Å². The first-order valence-electron chi connectivity index (χ1n) is 8.56. The molecule has 1 aromatic rings. The van der Waals surface area contributed by atoms with Crippen LogP contribution in [0, 0.1) is 11.8 Å². The molecule has 0 aromatic heterocycles. The van der Waals surface area contributed by atoms with Crippen LogP contribution in [0.15, 0.2) is 24.3 Å². The fourth-order valence-electron chi connectivity index (χ4n) is 3.56. The Balaban J connectivity index is 2.59. The summed E-state index contributed by atoms with van der Waals surface area (Å²) >= 11 is 5.93. The van der Waals surface area contributed by atoms with Gasteiger partial charge in [0.15, 0.2) is 5.78 Å². The molecule has 1 N–H and O–H groups in total. The number of rotatable bonds is 5. The van der Waals surface area contributed by atoms with Gasteiger partial charge in [-0.25, -0.2) is 0 Å². The van der Waals surface area contributed by atoms with Gasteiger partial charge in [0.1, 0.15) is 5.92 Å². The number of esters is 2. The smallest absolute Gasteiger partial charge is 0.317 e. The van der Waals surface area contributed by atoms with E-state index in [4.69, 9.17) is 21.1 Å². The van der Waals surface area contributed by atoms with E-state index in [-0.39, 0.29) is 19.6 Å². The number of Topliss-reactive ketones (excluding diaryl/α,β-unsaturated/α-hetero) is 1. The molecule has 0 saturated heterocycles. The van der Waals surface area contributed by atoms with Crippen molar-refractivity contribution in [3.63, 3.8) is 0 Å². The summed E-state index contributed by atoms with van der Waals surface area (Å²) in [5.74, 6) is -5.00. The molecule has 1 saturated carbocycles. The molecule has 1 aliphatic rings. The molecular formula is C19H23ClO6. The highest BCUT2D eigenvalue weighted by molar-refractivity contribution is 6.30. The number of halogens is 1. The van der Waals surface area contributed by atoms with Gasteiger partial charge in [-0.05, 0) is 38.5 Å². The Morgan fingerprint density at radius 2 is 1.69 bits per heavy atom. The van der Waals surface area contributed by atoms with E-state index < -0.39 is 41.1 Å². The molecule has 0 amide bonds. The lowest BCUT2D eigenvalue weighted by Gasteiger charge is -2.43. The van der Waals surface area contributed by atoms with Crippen molar-refractivity contribution in [1.29, 1.82) is 0 Å². The van der Waals surface area contributed by atoms with E-state index in [2.05, 4.69) is 0 Å². The number of benzene rings is 1. The quantitative estimate of drug-likeness (QED) is 0.621. The van der Waals surface area contributed by atoms with Crippen molar-refractivity contribution in [2.75, 3.05) is 13.2 Å². The third-order valence-corrected chi connectivity index (χ3v) is 4.86. The number of carbonyl (C=O) groups excluding carboxylic acids is 3. The van der Waals surface area contributed by atoms with E-state index in [1.165, 1.54) is 6.92 Å². The predicted octanol–water partition coefficient (Wildman–Crippen LogP) is 2.51. The molecule has 0 unspecified atom stereocenters. The van der Waals surface area contributed by atoms with Crippen molar-refractivity contribution in [2.45, 2.75) is 38.7 Å². The molecule has 7 heteroatoms. The standard InChI is InChI=1S/C19H23ClO6/c1-4-25-17(22)15-13(21)10-19(3,24)16(18(23)26-5-2)14(15)11-6-8-12(20)9-7-11/h6-9,14-16,24H,4-5,10H2,1-3H3/t14-,15+,16+,19-/m0/s1. The lowest BCUT2D eigenvalue weighted by Crippen LogP contribution is -2.55. The zero-order valence-corrected chi connectivity index (χ0v) is 15.8. The van der Waals surface area contributed by atoms with Crippen molar-refractivity contribution in [1.82, 2.24) is 0 Å². The van der Waals surface area contributed by atoms with Gasteiger partial charge in [0, 0.05) is 17.4 Å². The van der Waals surface area contributed by atoms with E-state index in [1.54, 1.807) is 38.1 Å². The molecule has 1 fully saturated rings. The fraction of sp³-hybridized carbons (Fsp3) is 0.526. The highest BCUT2D eigenvalue weighted by Gasteiger charge is 2.57. The largest absolute Gasteiger partial charge is 0.466 e. The van der Waals surface area contributed by atoms with Crippen LogP contribution in [0.5, 0.6) is 0 Å². The summed E-state index contributed by atoms with van der Waals surface area (Å²) in [4.78, 5) is 37.8. The molecule has 4 atom stereocenters. The zero-order valence-electron chi connectivity index (χ0n) is 15.0. The van der Waals surface area contributed by atoms with Gasteiger partial charge in [-0.3, -0.25) is 14.4 Å². The summed E-state index contributed by atoms with van der Waals surface area (Å²) in [7, 11) is 0. The third-order valence-electron chi connectivity index (χ3n) is 4.60. The molecule has 142 valence electrons. The second-order valence-corrected chi connectivity index (χ2v) is 6.97. The average Bonchev–Trinajstić information content (AvgIpc) is 2.54. The van der Waals surface area contributed by atoms with E-state index in [0.717, 1.165) is 0 Å². The van der Waals surface area contributed by atoms with Crippen molar-refractivity contribution in [2.24, 2.45) is 11.8 Å². The Bertz CT molecular complexity index is 682. The van der Waals surface area contributed by atoms with Gasteiger partial charge in [0.2, 0.25) is 0 Å². The van der Waals surface area contributed by atoms with Crippen LogP contribution in [0.25, 0.3) is 0 Å². The predicted molar refractivity (Wildman–Crippen MR) is 94.7 cm³/mol. The van der Waals surface area contributed by atoms with Crippen LogP contribution >= 0.6 is 11.6 Å². The van der Waals surface area contributed by atoms with Gasteiger partial charge in [-0.1, -0.05) is 23.7 Å².